The minimum Gasteiger partial charge on any atom is -0.415 e. The second-order valence-electron chi connectivity index (χ2n) is 5.63. The number of thiazole rings is 1. The number of nitrogens with zero attached hydrogens (tertiary/aromatic N) is 6. The number of benzene rings is 1. The molecule has 0 amide bonds. The summed E-state index contributed by atoms with van der Waals surface area (Å²) in [7, 11) is 0. The van der Waals surface area contributed by atoms with Crippen LogP contribution in [0.4, 0.5) is 13.2 Å². The smallest absolute Gasteiger partial charge is 0.314 e. The second kappa shape index (κ2) is 6.91. The Morgan fingerprint density at radius 3 is 2.74 bits per heavy atom. The lowest BCUT2D eigenvalue weighted by molar-refractivity contribution is 0.116. The van der Waals surface area contributed by atoms with Gasteiger partial charge in [-0.25, -0.2) is 14.1 Å². The Kier molecular flexibility index (Phi) is 4.44. The van der Waals surface area contributed by atoms with E-state index in [0.717, 1.165) is 16.0 Å². The molecule has 1 aromatic carbocycles. The van der Waals surface area contributed by atoms with E-state index in [4.69, 9.17) is 4.42 Å². The summed E-state index contributed by atoms with van der Waals surface area (Å²) >= 11 is 1.49. The topological polar surface area (TPSA) is 82.5 Å². The van der Waals surface area contributed by atoms with Crippen molar-refractivity contribution >= 4 is 11.3 Å². The summed E-state index contributed by atoms with van der Waals surface area (Å²) in [4.78, 5) is 5.29. The summed E-state index contributed by atoms with van der Waals surface area (Å²) in [6.45, 7) is 2.09. The average molecular weight is 392 g/mol. The van der Waals surface area contributed by atoms with Crippen molar-refractivity contribution in [2.45, 2.75) is 19.9 Å². The van der Waals surface area contributed by atoms with Crippen LogP contribution in [0, 0.1) is 12.7 Å². The molecule has 4 aromatic rings. The van der Waals surface area contributed by atoms with E-state index >= 15 is 0 Å². The van der Waals surface area contributed by atoms with E-state index in [0.29, 0.717) is 11.3 Å². The Morgan fingerprint density at radius 2 is 2.07 bits per heavy atom. The van der Waals surface area contributed by atoms with E-state index in [1.54, 1.807) is 12.4 Å². The molecule has 0 aliphatic carbocycles. The van der Waals surface area contributed by atoms with Crippen molar-refractivity contribution in [2.75, 3.05) is 0 Å². The summed E-state index contributed by atoms with van der Waals surface area (Å²) in [5, 5.41) is 15.5. The Hall–Kier alpha value is -3.08. The molecule has 3 heterocycles. The van der Waals surface area contributed by atoms with Crippen molar-refractivity contribution in [3.05, 3.63) is 52.7 Å². The Balaban J connectivity index is 1.54. The van der Waals surface area contributed by atoms with Gasteiger partial charge in [0.15, 0.2) is 0 Å². The lowest BCUT2D eigenvalue weighted by atomic mass is 10.1. The summed E-state index contributed by atoms with van der Waals surface area (Å²) in [5.41, 5.74) is 1.17. The number of hydrogen-bond donors (Lipinski definition) is 0. The van der Waals surface area contributed by atoms with Gasteiger partial charge in [0.1, 0.15) is 16.5 Å². The van der Waals surface area contributed by atoms with Crippen molar-refractivity contribution in [1.82, 2.24) is 30.2 Å². The first-order valence-electron chi connectivity index (χ1n) is 7.73. The van der Waals surface area contributed by atoms with Crippen molar-refractivity contribution in [1.29, 1.82) is 0 Å². The minimum atomic E-state index is -2.88. The standard InChI is InChI=1S/C16H11F3N6OS/c1-8-5-20-16(27-8)12-7-25(24-21-12)6-10-3-2-9(4-11(10)17)14-22-23-15(26-14)13(18)19/h2-5,7,13H,6H2,1H3. The van der Waals surface area contributed by atoms with Crippen LogP contribution < -0.4 is 0 Å². The van der Waals surface area contributed by atoms with Gasteiger partial charge in [0.05, 0.1) is 12.7 Å². The van der Waals surface area contributed by atoms with E-state index in [1.807, 2.05) is 6.92 Å². The largest absolute Gasteiger partial charge is 0.415 e. The van der Waals surface area contributed by atoms with Crippen molar-refractivity contribution in [2.24, 2.45) is 0 Å². The lowest BCUT2D eigenvalue weighted by Gasteiger charge is -2.04. The molecule has 0 bridgehead atoms. The van der Waals surface area contributed by atoms with Crippen LogP contribution >= 0.6 is 11.3 Å². The molecule has 0 aliphatic heterocycles. The fourth-order valence-electron chi connectivity index (χ4n) is 2.37. The van der Waals surface area contributed by atoms with Crippen LogP contribution in [0.15, 0.2) is 35.0 Å². The molecule has 3 aromatic heterocycles. The zero-order valence-electron chi connectivity index (χ0n) is 13.8. The van der Waals surface area contributed by atoms with Gasteiger partial charge in [0, 0.05) is 22.2 Å². The molecule has 0 atom stereocenters. The third kappa shape index (κ3) is 3.58. The van der Waals surface area contributed by atoms with E-state index < -0.39 is 18.1 Å². The summed E-state index contributed by atoms with van der Waals surface area (Å²) in [5.74, 6) is -1.52. The summed E-state index contributed by atoms with van der Waals surface area (Å²) in [6.07, 6.45) is 0.547. The lowest BCUT2D eigenvalue weighted by Crippen LogP contribution is -2.03. The molecular weight excluding hydrogens is 381 g/mol. The number of alkyl halides is 2. The fourth-order valence-corrected chi connectivity index (χ4v) is 3.08. The summed E-state index contributed by atoms with van der Waals surface area (Å²) < 4.78 is 45.8. The van der Waals surface area contributed by atoms with E-state index in [9.17, 15) is 13.2 Å². The highest BCUT2D eigenvalue weighted by atomic mass is 32.1. The van der Waals surface area contributed by atoms with Gasteiger partial charge in [-0.05, 0) is 19.1 Å². The first-order chi connectivity index (χ1) is 13.0. The first-order valence-corrected chi connectivity index (χ1v) is 8.54. The average Bonchev–Trinajstić information content (AvgIpc) is 3.36. The molecule has 0 saturated heterocycles. The molecule has 0 N–H and O–H groups in total. The van der Waals surface area contributed by atoms with Crippen molar-refractivity contribution in [3.63, 3.8) is 0 Å². The van der Waals surface area contributed by atoms with E-state index in [2.05, 4.69) is 25.5 Å². The fraction of sp³-hybridized carbons (Fsp3) is 0.188. The molecule has 138 valence electrons. The van der Waals surface area contributed by atoms with Crippen LogP contribution in [0.3, 0.4) is 0 Å². The SMILES string of the molecule is Cc1cnc(-c2cn(Cc3ccc(-c4nnc(C(F)F)o4)cc3F)nn2)s1. The Bertz CT molecular complexity index is 1090. The Labute approximate surface area is 154 Å². The summed E-state index contributed by atoms with van der Waals surface area (Å²) in [6, 6.07) is 4.18. The van der Waals surface area contributed by atoms with Gasteiger partial charge in [0.25, 0.3) is 5.89 Å². The molecule has 0 fully saturated rings. The van der Waals surface area contributed by atoms with Crippen LogP contribution in [0.1, 0.15) is 22.8 Å². The number of halogens is 3. The molecule has 7 nitrogen and oxygen atoms in total. The van der Waals surface area contributed by atoms with Gasteiger partial charge in [-0.15, -0.1) is 26.6 Å². The zero-order chi connectivity index (χ0) is 19.0. The van der Waals surface area contributed by atoms with Gasteiger partial charge >= 0.3 is 6.43 Å². The van der Waals surface area contributed by atoms with Crippen molar-refractivity contribution < 1.29 is 17.6 Å². The van der Waals surface area contributed by atoms with Crippen LogP contribution in [-0.2, 0) is 6.54 Å². The third-order valence-electron chi connectivity index (χ3n) is 3.64. The third-order valence-corrected chi connectivity index (χ3v) is 4.57. The van der Waals surface area contributed by atoms with Gasteiger partial charge in [-0.1, -0.05) is 11.3 Å². The highest BCUT2D eigenvalue weighted by Gasteiger charge is 2.18. The van der Waals surface area contributed by atoms with Crippen LogP contribution in [0.2, 0.25) is 0 Å². The number of aromatic nitrogens is 6. The van der Waals surface area contributed by atoms with Crippen LogP contribution in [-0.4, -0.2) is 30.2 Å². The molecule has 11 heteroatoms. The van der Waals surface area contributed by atoms with Crippen molar-refractivity contribution in [3.8, 4) is 22.2 Å². The molecule has 0 radical (unpaired) electrons. The van der Waals surface area contributed by atoms with Gasteiger partial charge < -0.3 is 4.42 Å². The first kappa shape index (κ1) is 17.3. The quantitative estimate of drug-likeness (QED) is 0.513. The molecule has 0 saturated carbocycles. The van der Waals surface area contributed by atoms with Gasteiger partial charge in [-0.2, -0.15) is 8.78 Å². The Morgan fingerprint density at radius 1 is 1.22 bits per heavy atom. The van der Waals surface area contributed by atoms with Gasteiger partial charge in [0.2, 0.25) is 5.89 Å². The predicted octanol–water partition coefficient (Wildman–Crippen LogP) is 3.89. The molecular formula is C16H11F3N6OS. The number of aryl methyl sites for hydroxylation is 1. The monoisotopic (exact) mass is 392 g/mol. The maximum Gasteiger partial charge on any atom is 0.314 e. The van der Waals surface area contributed by atoms with Gasteiger partial charge in [-0.3, -0.25) is 0 Å². The normalized spacial score (nSPS) is 11.4. The maximum absolute atomic E-state index is 14.4. The highest BCUT2D eigenvalue weighted by Crippen LogP contribution is 2.25. The molecule has 0 spiro atoms. The molecule has 27 heavy (non-hydrogen) atoms. The maximum atomic E-state index is 14.4. The minimum absolute atomic E-state index is 0.148. The van der Waals surface area contributed by atoms with Crippen LogP contribution in [0.5, 0.6) is 0 Å². The number of hydrogen-bond acceptors (Lipinski definition) is 7. The molecule has 4 rings (SSSR count). The predicted molar refractivity (Wildman–Crippen MR) is 89.6 cm³/mol. The van der Waals surface area contributed by atoms with E-state index in [1.165, 1.54) is 28.2 Å². The highest BCUT2D eigenvalue weighted by molar-refractivity contribution is 7.14. The molecule has 0 unspecified atom stereocenters. The van der Waals surface area contributed by atoms with Crippen LogP contribution in [0.25, 0.3) is 22.2 Å². The van der Waals surface area contributed by atoms with E-state index in [-0.39, 0.29) is 18.0 Å². The zero-order valence-corrected chi connectivity index (χ0v) is 14.6. The number of rotatable bonds is 5. The second-order valence-corrected chi connectivity index (χ2v) is 6.86. The molecule has 0 aliphatic rings.